The zero-order valence-electron chi connectivity index (χ0n) is 11.2. The average molecular weight is 235 g/mol. The van der Waals surface area contributed by atoms with Gasteiger partial charge in [-0.25, -0.2) is 4.58 Å². The first-order valence-corrected chi connectivity index (χ1v) is 6.17. The number of carbonyl (C=O) groups is 1. The zero-order valence-corrected chi connectivity index (χ0v) is 11.2. The second-order valence-corrected chi connectivity index (χ2v) is 5.09. The molecule has 1 amide bonds. The van der Waals surface area contributed by atoms with Gasteiger partial charge < -0.3 is 5.32 Å². The highest BCUT2D eigenvalue weighted by Crippen LogP contribution is 2.20. The Bertz CT molecular complexity index is 366. The lowest BCUT2D eigenvalue weighted by molar-refractivity contribution is -0.539. The predicted octanol–water partition coefficient (Wildman–Crippen LogP) is 1.95. The third kappa shape index (κ3) is 4.17. The Labute approximate surface area is 104 Å². The standard InChI is InChI=1S/C14H22N2O/c1-10(2)16(5)9-14(17)15-13-7-6-11(3)12(4)8-13/h6-8,10-12H,5,9H2,1-4H3/p+1. The summed E-state index contributed by atoms with van der Waals surface area (Å²) in [6, 6.07) is 0.274. The number of nitrogens with one attached hydrogen (secondary N) is 1. The van der Waals surface area contributed by atoms with Gasteiger partial charge in [0.05, 0.1) is 0 Å². The van der Waals surface area contributed by atoms with Crippen molar-refractivity contribution >= 4 is 12.6 Å². The van der Waals surface area contributed by atoms with Crippen molar-refractivity contribution in [3.63, 3.8) is 0 Å². The number of nitrogens with zero attached hydrogens (tertiary/aromatic N) is 1. The maximum Gasteiger partial charge on any atom is 0.289 e. The smallest absolute Gasteiger partial charge is 0.289 e. The van der Waals surface area contributed by atoms with Gasteiger partial charge in [0.25, 0.3) is 5.91 Å². The largest absolute Gasteiger partial charge is 0.321 e. The summed E-state index contributed by atoms with van der Waals surface area (Å²) in [7, 11) is 0. The predicted molar refractivity (Wildman–Crippen MR) is 71.1 cm³/mol. The first kappa shape index (κ1) is 13.7. The Balaban J connectivity index is 2.50. The van der Waals surface area contributed by atoms with Crippen LogP contribution in [-0.4, -0.2) is 29.8 Å². The van der Waals surface area contributed by atoms with Crippen molar-refractivity contribution < 1.29 is 9.37 Å². The quantitative estimate of drug-likeness (QED) is 0.586. The molecule has 0 bridgehead atoms. The van der Waals surface area contributed by atoms with Gasteiger partial charge in [-0.05, 0) is 31.8 Å². The molecule has 94 valence electrons. The number of allylic oxidation sites excluding steroid dienone is 3. The van der Waals surface area contributed by atoms with Crippen LogP contribution in [0.15, 0.2) is 23.9 Å². The van der Waals surface area contributed by atoms with E-state index in [0.717, 1.165) is 5.70 Å². The van der Waals surface area contributed by atoms with Crippen LogP contribution in [0.5, 0.6) is 0 Å². The molecular formula is C14H23N2O+. The van der Waals surface area contributed by atoms with Crippen LogP contribution in [0.1, 0.15) is 27.7 Å². The molecule has 0 aromatic heterocycles. The highest BCUT2D eigenvalue weighted by atomic mass is 16.1. The molecule has 1 rings (SSSR count). The SMILES string of the molecule is C=[N+](CC(=O)NC1=CC(C)C(C)C=C1)C(C)C. The Kier molecular flexibility index (Phi) is 4.67. The van der Waals surface area contributed by atoms with E-state index in [0.29, 0.717) is 18.4 Å². The Morgan fingerprint density at radius 3 is 2.65 bits per heavy atom. The van der Waals surface area contributed by atoms with Gasteiger partial charge in [-0.2, -0.15) is 0 Å². The van der Waals surface area contributed by atoms with Gasteiger partial charge in [0.15, 0.2) is 0 Å². The van der Waals surface area contributed by atoms with Crippen molar-refractivity contribution in [1.29, 1.82) is 0 Å². The lowest BCUT2D eigenvalue weighted by Gasteiger charge is -2.19. The molecule has 0 heterocycles. The van der Waals surface area contributed by atoms with Gasteiger partial charge in [-0.15, -0.1) is 0 Å². The molecule has 1 aliphatic carbocycles. The minimum absolute atomic E-state index is 0.00801. The van der Waals surface area contributed by atoms with E-state index in [-0.39, 0.29) is 11.9 Å². The van der Waals surface area contributed by atoms with E-state index in [1.54, 1.807) is 4.58 Å². The van der Waals surface area contributed by atoms with E-state index in [4.69, 9.17) is 0 Å². The highest BCUT2D eigenvalue weighted by molar-refractivity contribution is 5.79. The fraction of sp³-hybridized carbons (Fsp3) is 0.571. The van der Waals surface area contributed by atoms with Crippen molar-refractivity contribution in [3.8, 4) is 0 Å². The molecule has 0 saturated carbocycles. The lowest BCUT2D eigenvalue weighted by atomic mass is 9.91. The van der Waals surface area contributed by atoms with Gasteiger partial charge in [-0.3, -0.25) is 4.79 Å². The third-order valence-corrected chi connectivity index (χ3v) is 3.21. The van der Waals surface area contributed by atoms with Crippen LogP contribution < -0.4 is 5.32 Å². The summed E-state index contributed by atoms with van der Waals surface area (Å²) in [6.45, 7) is 12.5. The monoisotopic (exact) mass is 235 g/mol. The van der Waals surface area contributed by atoms with Crippen LogP contribution in [0.25, 0.3) is 0 Å². The molecule has 0 saturated heterocycles. The maximum absolute atomic E-state index is 11.7. The van der Waals surface area contributed by atoms with Crippen molar-refractivity contribution in [2.45, 2.75) is 33.7 Å². The molecule has 17 heavy (non-hydrogen) atoms. The van der Waals surface area contributed by atoms with E-state index in [1.807, 2.05) is 19.9 Å². The van der Waals surface area contributed by atoms with E-state index >= 15 is 0 Å². The number of hydrogen-bond acceptors (Lipinski definition) is 1. The molecule has 0 aromatic rings. The van der Waals surface area contributed by atoms with Crippen LogP contribution >= 0.6 is 0 Å². The lowest BCUT2D eigenvalue weighted by Crippen LogP contribution is -2.34. The molecule has 0 aliphatic heterocycles. The molecule has 3 nitrogen and oxygen atoms in total. The molecule has 2 unspecified atom stereocenters. The second kappa shape index (κ2) is 5.80. The summed E-state index contributed by atoms with van der Waals surface area (Å²) in [4.78, 5) is 11.7. The zero-order chi connectivity index (χ0) is 13.0. The van der Waals surface area contributed by atoms with Crippen LogP contribution in [-0.2, 0) is 4.79 Å². The number of amides is 1. The van der Waals surface area contributed by atoms with Gasteiger partial charge in [0, 0.05) is 5.70 Å². The molecule has 0 aromatic carbocycles. The highest BCUT2D eigenvalue weighted by Gasteiger charge is 2.16. The van der Waals surface area contributed by atoms with Crippen molar-refractivity contribution in [2.24, 2.45) is 11.8 Å². The summed E-state index contributed by atoms with van der Waals surface area (Å²) in [6.07, 6.45) is 6.21. The minimum Gasteiger partial charge on any atom is -0.321 e. The molecule has 0 fully saturated rings. The maximum atomic E-state index is 11.7. The van der Waals surface area contributed by atoms with Crippen LogP contribution in [0.3, 0.4) is 0 Å². The first-order chi connectivity index (χ1) is 7.90. The molecule has 0 spiro atoms. The van der Waals surface area contributed by atoms with Gasteiger partial charge in [0.2, 0.25) is 6.54 Å². The van der Waals surface area contributed by atoms with Crippen LogP contribution in [0.4, 0.5) is 0 Å². The average Bonchev–Trinajstić information content (AvgIpc) is 2.23. The fourth-order valence-corrected chi connectivity index (χ4v) is 1.57. The molecule has 0 radical (unpaired) electrons. The summed E-state index contributed by atoms with van der Waals surface area (Å²) in [5.41, 5.74) is 0.901. The van der Waals surface area contributed by atoms with E-state index in [9.17, 15) is 4.79 Å². The first-order valence-electron chi connectivity index (χ1n) is 6.17. The normalized spacial score (nSPS) is 23.5. The fourth-order valence-electron chi connectivity index (χ4n) is 1.57. The van der Waals surface area contributed by atoms with Crippen LogP contribution in [0.2, 0.25) is 0 Å². The molecule has 1 aliphatic rings. The Hall–Kier alpha value is -1.38. The van der Waals surface area contributed by atoms with Crippen molar-refractivity contribution in [3.05, 3.63) is 23.9 Å². The molecule has 1 N–H and O–H groups in total. The molecule has 2 atom stereocenters. The second-order valence-electron chi connectivity index (χ2n) is 5.09. The Morgan fingerprint density at radius 2 is 2.12 bits per heavy atom. The summed E-state index contributed by atoms with van der Waals surface area (Å²) < 4.78 is 1.77. The number of rotatable bonds is 4. The topological polar surface area (TPSA) is 32.1 Å². The molecule has 3 heteroatoms. The van der Waals surface area contributed by atoms with E-state index in [1.165, 1.54) is 0 Å². The van der Waals surface area contributed by atoms with Crippen molar-refractivity contribution in [2.75, 3.05) is 6.54 Å². The number of hydrogen-bond donors (Lipinski definition) is 1. The minimum atomic E-state index is -0.00801. The summed E-state index contributed by atoms with van der Waals surface area (Å²) in [5, 5.41) is 2.91. The van der Waals surface area contributed by atoms with Gasteiger partial charge in [0.1, 0.15) is 12.8 Å². The van der Waals surface area contributed by atoms with Crippen molar-refractivity contribution in [1.82, 2.24) is 5.32 Å². The molecular weight excluding hydrogens is 212 g/mol. The van der Waals surface area contributed by atoms with Gasteiger partial charge >= 0.3 is 0 Å². The van der Waals surface area contributed by atoms with E-state index < -0.39 is 0 Å². The number of carbonyl (C=O) groups excluding carboxylic acids is 1. The third-order valence-electron chi connectivity index (χ3n) is 3.21. The summed E-state index contributed by atoms with van der Waals surface area (Å²) in [5.74, 6) is 0.998. The van der Waals surface area contributed by atoms with E-state index in [2.05, 4.69) is 38.0 Å². The summed E-state index contributed by atoms with van der Waals surface area (Å²) >= 11 is 0. The Morgan fingerprint density at radius 1 is 1.47 bits per heavy atom. The van der Waals surface area contributed by atoms with Crippen LogP contribution in [0, 0.1) is 11.8 Å². The van der Waals surface area contributed by atoms with Gasteiger partial charge in [-0.1, -0.05) is 26.0 Å².